The van der Waals surface area contributed by atoms with E-state index in [9.17, 15) is 0 Å². The van der Waals surface area contributed by atoms with Crippen LogP contribution in [0.5, 0.6) is 5.88 Å². The van der Waals surface area contributed by atoms with E-state index < -0.39 is 0 Å². The molecule has 0 aliphatic rings. The summed E-state index contributed by atoms with van der Waals surface area (Å²) in [6.45, 7) is 0.727. The molecule has 66 valence electrons. The number of nitrogens with two attached hydrogens (primary N) is 1. The molecule has 0 radical (unpaired) electrons. The Morgan fingerprint density at radius 1 is 1.58 bits per heavy atom. The van der Waals surface area contributed by atoms with Gasteiger partial charge >= 0.3 is 0 Å². The van der Waals surface area contributed by atoms with Crippen molar-refractivity contribution in [3.05, 3.63) is 23.9 Å². The van der Waals surface area contributed by atoms with Crippen LogP contribution in [0.15, 0.2) is 18.3 Å². The molecule has 1 rings (SSSR count). The Kier molecular flexibility index (Phi) is 3.54. The van der Waals surface area contributed by atoms with E-state index in [1.807, 2.05) is 12.1 Å². The molecule has 0 amide bonds. The maximum Gasteiger partial charge on any atom is 0.213 e. The van der Waals surface area contributed by atoms with Crippen molar-refractivity contribution >= 4 is 0 Å². The fourth-order valence-corrected chi connectivity index (χ4v) is 1.02. The number of aryl methyl sites for hydroxylation is 1. The maximum atomic E-state index is 5.40. The van der Waals surface area contributed by atoms with E-state index in [2.05, 4.69) is 4.98 Å². The van der Waals surface area contributed by atoms with Crippen LogP contribution in [0.25, 0.3) is 0 Å². The first-order chi connectivity index (χ1) is 5.86. The number of hydrogen-bond donors (Lipinski definition) is 1. The van der Waals surface area contributed by atoms with Gasteiger partial charge in [-0.3, -0.25) is 0 Å². The monoisotopic (exact) mass is 166 g/mol. The van der Waals surface area contributed by atoms with Gasteiger partial charge in [0.1, 0.15) is 0 Å². The molecule has 0 aliphatic heterocycles. The third-order valence-corrected chi connectivity index (χ3v) is 1.68. The van der Waals surface area contributed by atoms with Crippen molar-refractivity contribution in [2.45, 2.75) is 12.8 Å². The summed E-state index contributed by atoms with van der Waals surface area (Å²) in [4.78, 5) is 4.01. The largest absolute Gasteiger partial charge is 0.481 e. The van der Waals surface area contributed by atoms with E-state index in [0.717, 1.165) is 19.4 Å². The Labute approximate surface area is 72.6 Å². The number of aromatic nitrogens is 1. The number of nitrogens with zero attached hydrogens (tertiary/aromatic N) is 1. The van der Waals surface area contributed by atoms with Crippen LogP contribution in [0.4, 0.5) is 0 Å². The van der Waals surface area contributed by atoms with E-state index in [4.69, 9.17) is 10.5 Å². The van der Waals surface area contributed by atoms with Gasteiger partial charge in [0.25, 0.3) is 0 Å². The average molecular weight is 166 g/mol. The molecular formula is C9H14N2O. The van der Waals surface area contributed by atoms with Crippen LogP contribution >= 0.6 is 0 Å². The fraction of sp³-hybridized carbons (Fsp3) is 0.444. The Hall–Kier alpha value is -1.09. The highest BCUT2D eigenvalue weighted by molar-refractivity contribution is 5.20. The summed E-state index contributed by atoms with van der Waals surface area (Å²) in [5, 5.41) is 0. The molecular weight excluding hydrogens is 152 g/mol. The summed E-state index contributed by atoms with van der Waals surface area (Å²) in [7, 11) is 1.62. The minimum absolute atomic E-state index is 0.671. The van der Waals surface area contributed by atoms with Gasteiger partial charge in [-0.2, -0.15) is 0 Å². The van der Waals surface area contributed by atoms with Crippen molar-refractivity contribution in [1.29, 1.82) is 0 Å². The highest BCUT2D eigenvalue weighted by Gasteiger charge is 1.95. The van der Waals surface area contributed by atoms with E-state index in [1.54, 1.807) is 13.3 Å². The zero-order valence-electron chi connectivity index (χ0n) is 7.29. The molecule has 0 atom stereocenters. The molecule has 0 aromatic carbocycles. The molecule has 0 spiro atoms. The lowest BCUT2D eigenvalue weighted by molar-refractivity contribution is 0.397. The van der Waals surface area contributed by atoms with Crippen LogP contribution in [0.3, 0.4) is 0 Å². The molecule has 3 heteroatoms. The van der Waals surface area contributed by atoms with Gasteiger partial charge in [-0.1, -0.05) is 0 Å². The van der Waals surface area contributed by atoms with Gasteiger partial charge in [-0.15, -0.1) is 0 Å². The van der Waals surface area contributed by atoms with E-state index in [1.165, 1.54) is 5.56 Å². The maximum absolute atomic E-state index is 5.40. The number of hydrogen-bond acceptors (Lipinski definition) is 3. The Balaban J connectivity index is 2.60. The van der Waals surface area contributed by atoms with Crippen LogP contribution < -0.4 is 10.5 Å². The zero-order valence-corrected chi connectivity index (χ0v) is 7.29. The van der Waals surface area contributed by atoms with Gasteiger partial charge in [0.2, 0.25) is 5.88 Å². The summed E-state index contributed by atoms with van der Waals surface area (Å²) < 4.78 is 4.99. The van der Waals surface area contributed by atoms with Gasteiger partial charge in [-0.25, -0.2) is 4.98 Å². The number of pyridine rings is 1. The summed E-state index contributed by atoms with van der Waals surface area (Å²) in [6.07, 6.45) is 3.76. The predicted molar refractivity (Wildman–Crippen MR) is 48.2 cm³/mol. The summed E-state index contributed by atoms with van der Waals surface area (Å²) >= 11 is 0. The van der Waals surface area contributed by atoms with E-state index in [-0.39, 0.29) is 0 Å². The summed E-state index contributed by atoms with van der Waals surface area (Å²) in [6, 6.07) is 3.92. The topological polar surface area (TPSA) is 48.1 Å². The van der Waals surface area contributed by atoms with Crippen LogP contribution in [0.1, 0.15) is 12.0 Å². The van der Waals surface area contributed by atoms with Crippen molar-refractivity contribution in [1.82, 2.24) is 4.98 Å². The lowest BCUT2D eigenvalue weighted by Crippen LogP contribution is -2.00. The Bertz CT molecular complexity index is 238. The molecule has 0 fully saturated rings. The molecule has 1 aromatic heterocycles. The average Bonchev–Trinajstić information content (AvgIpc) is 2.15. The van der Waals surface area contributed by atoms with Crippen molar-refractivity contribution in [3.63, 3.8) is 0 Å². The van der Waals surface area contributed by atoms with Gasteiger partial charge in [0.15, 0.2) is 0 Å². The van der Waals surface area contributed by atoms with Crippen molar-refractivity contribution in [2.24, 2.45) is 5.73 Å². The lowest BCUT2D eigenvalue weighted by atomic mass is 10.1. The van der Waals surface area contributed by atoms with Crippen LogP contribution in [-0.2, 0) is 6.42 Å². The van der Waals surface area contributed by atoms with Crippen molar-refractivity contribution < 1.29 is 4.74 Å². The molecule has 12 heavy (non-hydrogen) atoms. The molecule has 1 heterocycles. The zero-order chi connectivity index (χ0) is 8.81. The minimum atomic E-state index is 0.671. The normalized spacial score (nSPS) is 9.83. The van der Waals surface area contributed by atoms with Crippen molar-refractivity contribution in [3.8, 4) is 5.88 Å². The van der Waals surface area contributed by atoms with Gasteiger partial charge < -0.3 is 10.5 Å². The third-order valence-electron chi connectivity index (χ3n) is 1.68. The standard InChI is InChI=1S/C9H14N2O/c1-12-9-7-8(3-2-5-10)4-6-11-9/h4,6-7H,2-3,5,10H2,1H3. The van der Waals surface area contributed by atoms with Gasteiger partial charge in [-0.05, 0) is 31.0 Å². The first kappa shape index (κ1) is 9.00. The SMILES string of the molecule is COc1cc(CCCN)ccn1. The van der Waals surface area contributed by atoms with Crippen LogP contribution in [-0.4, -0.2) is 18.6 Å². The summed E-state index contributed by atoms with van der Waals surface area (Å²) in [5.74, 6) is 0.671. The molecule has 1 aromatic rings. The second-order valence-electron chi connectivity index (χ2n) is 2.60. The Morgan fingerprint density at radius 2 is 2.42 bits per heavy atom. The first-order valence-corrected chi connectivity index (χ1v) is 4.06. The highest BCUT2D eigenvalue weighted by atomic mass is 16.5. The van der Waals surface area contributed by atoms with Crippen LogP contribution in [0.2, 0.25) is 0 Å². The first-order valence-electron chi connectivity index (χ1n) is 4.06. The van der Waals surface area contributed by atoms with Gasteiger partial charge in [0, 0.05) is 12.3 Å². The summed E-state index contributed by atoms with van der Waals surface area (Å²) in [5.41, 5.74) is 6.63. The number of rotatable bonds is 4. The molecule has 0 saturated heterocycles. The third kappa shape index (κ3) is 2.51. The lowest BCUT2D eigenvalue weighted by Gasteiger charge is -2.01. The quantitative estimate of drug-likeness (QED) is 0.725. The van der Waals surface area contributed by atoms with Gasteiger partial charge in [0.05, 0.1) is 7.11 Å². The molecule has 0 aliphatic carbocycles. The highest BCUT2D eigenvalue weighted by Crippen LogP contribution is 2.09. The van der Waals surface area contributed by atoms with Crippen LogP contribution in [0, 0.1) is 0 Å². The number of ether oxygens (including phenoxy) is 1. The predicted octanol–water partition coefficient (Wildman–Crippen LogP) is 0.982. The fourth-order valence-electron chi connectivity index (χ4n) is 1.02. The second kappa shape index (κ2) is 4.72. The minimum Gasteiger partial charge on any atom is -0.481 e. The Morgan fingerprint density at radius 3 is 3.08 bits per heavy atom. The van der Waals surface area contributed by atoms with E-state index >= 15 is 0 Å². The second-order valence-corrected chi connectivity index (χ2v) is 2.60. The molecule has 2 N–H and O–H groups in total. The molecule has 0 unspecified atom stereocenters. The molecule has 0 saturated carbocycles. The number of methoxy groups -OCH3 is 1. The van der Waals surface area contributed by atoms with E-state index in [0.29, 0.717) is 5.88 Å². The molecule has 3 nitrogen and oxygen atoms in total. The smallest absolute Gasteiger partial charge is 0.213 e. The molecule has 0 bridgehead atoms. The van der Waals surface area contributed by atoms with Crippen molar-refractivity contribution in [2.75, 3.05) is 13.7 Å².